The molecule has 0 aliphatic heterocycles. The van der Waals surface area contributed by atoms with E-state index in [-0.39, 0.29) is 25.4 Å². The molecule has 0 amide bonds. The van der Waals surface area contributed by atoms with Crippen LogP contribution in [0.1, 0.15) is 30.9 Å². The van der Waals surface area contributed by atoms with Crippen molar-refractivity contribution in [3.05, 3.63) is 35.1 Å². The van der Waals surface area contributed by atoms with Gasteiger partial charge in [-0.15, -0.1) is 0 Å². The number of halogens is 3. The van der Waals surface area contributed by atoms with Crippen LogP contribution in [0.5, 0.6) is 0 Å². The number of hydrogen-bond acceptors (Lipinski definition) is 2. The van der Waals surface area contributed by atoms with E-state index in [9.17, 15) is 18.0 Å². The summed E-state index contributed by atoms with van der Waals surface area (Å²) in [5, 5.41) is 0. The summed E-state index contributed by atoms with van der Waals surface area (Å²) in [5.74, 6) is -1.33. The van der Waals surface area contributed by atoms with Crippen LogP contribution in [-0.2, 0) is 16.0 Å². The number of rotatable bonds is 5. The first-order valence-corrected chi connectivity index (χ1v) is 5.26. The number of aryl methyl sites for hydroxylation is 1. The molecule has 0 aliphatic rings. The van der Waals surface area contributed by atoms with E-state index in [4.69, 9.17) is 4.74 Å². The van der Waals surface area contributed by atoms with Crippen molar-refractivity contribution >= 4 is 5.97 Å². The number of carbonyl (C=O) groups excluding carboxylic acids is 1. The molecule has 94 valence electrons. The summed E-state index contributed by atoms with van der Waals surface area (Å²) in [5.41, 5.74) is -0.121. The minimum Gasteiger partial charge on any atom is -0.466 e. The number of ether oxygens (including phenoxy) is 1. The van der Waals surface area contributed by atoms with Crippen molar-refractivity contribution in [2.24, 2.45) is 0 Å². The van der Waals surface area contributed by atoms with Gasteiger partial charge in [0.25, 0.3) is 6.43 Å². The number of hydrogen-bond donors (Lipinski definition) is 0. The van der Waals surface area contributed by atoms with Crippen molar-refractivity contribution in [1.29, 1.82) is 0 Å². The second kappa shape index (κ2) is 6.27. The molecule has 0 N–H and O–H groups in total. The van der Waals surface area contributed by atoms with E-state index in [2.05, 4.69) is 0 Å². The second-order valence-corrected chi connectivity index (χ2v) is 3.46. The van der Waals surface area contributed by atoms with Crippen molar-refractivity contribution in [2.45, 2.75) is 26.2 Å². The van der Waals surface area contributed by atoms with Crippen LogP contribution in [0.4, 0.5) is 13.2 Å². The molecule has 0 heterocycles. The monoisotopic (exact) mass is 246 g/mol. The van der Waals surface area contributed by atoms with Crippen LogP contribution in [0.2, 0.25) is 0 Å². The van der Waals surface area contributed by atoms with E-state index in [1.54, 1.807) is 6.92 Å². The van der Waals surface area contributed by atoms with Crippen molar-refractivity contribution in [3.8, 4) is 0 Å². The molecule has 0 saturated carbocycles. The first-order valence-electron chi connectivity index (χ1n) is 5.26. The average molecular weight is 246 g/mol. The number of esters is 1. The van der Waals surface area contributed by atoms with Crippen LogP contribution in [0.15, 0.2) is 18.2 Å². The van der Waals surface area contributed by atoms with Crippen LogP contribution >= 0.6 is 0 Å². The molecule has 0 aromatic heterocycles. The second-order valence-electron chi connectivity index (χ2n) is 3.46. The maximum absolute atomic E-state index is 13.2. The largest absolute Gasteiger partial charge is 0.466 e. The lowest BCUT2D eigenvalue weighted by Crippen LogP contribution is -2.05. The maximum atomic E-state index is 13.2. The Hall–Kier alpha value is -1.52. The molecule has 0 atom stereocenters. The Morgan fingerprint density at radius 1 is 1.41 bits per heavy atom. The molecule has 17 heavy (non-hydrogen) atoms. The highest BCUT2D eigenvalue weighted by Gasteiger charge is 2.13. The lowest BCUT2D eigenvalue weighted by molar-refractivity contribution is -0.143. The first-order chi connectivity index (χ1) is 8.04. The Balaban J connectivity index is 2.62. The zero-order valence-corrected chi connectivity index (χ0v) is 9.38. The van der Waals surface area contributed by atoms with Gasteiger partial charge < -0.3 is 4.74 Å². The fourth-order valence-corrected chi connectivity index (χ4v) is 1.38. The summed E-state index contributed by atoms with van der Waals surface area (Å²) in [4.78, 5) is 11.0. The van der Waals surface area contributed by atoms with E-state index in [0.717, 1.165) is 12.1 Å². The highest BCUT2D eigenvalue weighted by molar-refractivity contribution is 5.69. The molecule has 2 nitrogen and oxygen atoms in total. The third-order valence-electron chi connectivity index (χ3n) is 2.22. The molecule has 0 bridgehead atoms. The highest BCUT2D eigenvalue weighted by Crippen LogP contribution is 2.23. The first kappa shape index (κ1) is 13.5. The SMILES string of the molecule is CCOC(=O)CCc1ccc(C(F)F)c(F)c1. The minimum absolute atomic E-state index is 0.112. The van der Waals surface area contributed by atoms with E-state index in [0.29, 0.717) is 5.56 Å². The van der Waals surface area contributed by atoms with Gasteiger partial charge in [-0.05, 0) is 25.0 Å². The predicted molar refractivity (Wildman–Crippen MR) is 56.3 cm³/mol. The molecule has 0 unspecified atom stereocenters. The van der Waals surface area contributed by atoms with Gasteiger partial charge in [-0.2, -0.15) is 0 Å². The molecule has 0 fully saturated rings. The zero-order valence-electron chi connectivity index (χ0n) is 9.38. The zero-order chi connectivity index (χ0) is 12.8. The molecule has 5 heteroatoms. The van der Waals surface area contributed by atoms with Crippen molar-refractivity contribution < 1.29 is 22.7 Å². The predicted octanol–water partition coefficient (Wildman–Crippen LogP) is 3.26. The lowest BCUT2D eigenvalue weighted by atomic mass is 10.1. The topological polar surface area (TPSA) is 26.3 Å². The Kier molecular flexibility index (Phi) is 5.00. The van der Waals surface area contributed by atoms with E-state index in [1.165, 1.54) is 6.07 Å². The summed E-state index contributed by atoms with van der Waals surface area (Å²) in [6, 6.07) is 3.46. The molecule has 0 radical (unpaired) electrons. The minimum atomic E-state index is -2.82. The molecular weight excluding hydrogens is 233 g/mol. The van der Waals surface area contributed by atoms with Gasteiger partial charge in [-0.1, -0.05) is 12.1 Å². The lowest BCUT2D eigenvalue weighted by Gasteiger charge is -2.05. The molecule has 0 aliphatic carbocycles. The van der Waals surface area contributed by atoms with Gasteiger partial charge in [-0.3, -0.25) is 4.79 Å². The third kappa shape index (κ3) is 4.09. The van der Waals surface area contributed by atoms with Crippen LogP contribution in [0.25, 0.3) is 0 Å². The Morgan fingerprint density at radius 3 is 2.65 bits per heavy atom. The Bertz CT molecular complexity index is 391. The Labute approximate surface area is 97.4 Å². The normalized spacial score (nSPS) is 10.6. The van der Waals surface area contributed by atoms with Crippen LogP contribution in [0, 0.1) is 5.82 Å². The standard InChI is InChI=1S/C12H13F3O2/c1-2-17-11(16)6-4-8-3-5-9(12(14)15)10(13)7-8/h3,5,7,12H,2,4,6H2,1H3. The summed E-state index contributed by atoms with van der Waals surface area (Å²) < 4.78 is 42.4. The van der Waals surface area contributed by atoms with Crippen molar-refractivity contribution in [3.63, 3.8) is 0 Å². The van der Waals surface area contributed by atoms with Gasteiger partial charge in [-0.25, -0.2) is 13.2 Å². The molecule has 0 spiro atoms. The van der Waals surface area contributed by atoms with Crippen molar-refractivity contribution in [2.75, 3.05) is 6.61 Å². The quantitative estimate of drug-likeness (QED) is 0.745. The highest BCUT2D eigenvalue weighted by atomic mass is 19.3. The van der Waals surface area contributed by atoms with Gasteiger partial charge in [0, 0.05) is 6.42 Å². The van der Waals surface area contributed by atoms with Crippen molar-refractivity contribution in [1.82, 2.24) is 0 Å². The van der Waals surface area contributed by atoms with Gasteiger partial charge in [0.2, 0.25) is 0 Å². The number of alkyl halides is 2. The maximum Gasteiger partial charge on any atom is 0.306 e. The Morgan fingerprint density at radius 2 is 2.12 bits per heavy atom. The fourth-order valence-electron chi connectivity index (χ4n) is 1.38. The van der Waals surface area contributed by atoms with E-state index >= 15 is 0 Å². The van der Waals surface area contributed by atoms with Crippen LogP contribution in [0.3, 0.4) is 0 Å². The summed E-state index contributed by atoms with van der Waals surface area (Å²) in [7, 11) is 0. The van der Waals surface area contributed by atoms with Gasteiger partial charge >= 0.3 is 5.97 Å². The van der Waals surface area contributed by atoms with Gasteiger partial charge in [0.1, 0.15) is 5.82 Å². The third-order valence-corrected chi connectivity index (χ3v) is 2.22. The van der Waals surface area contributed by atoms with Gasteiger partial charge in [0.05, 0.1) is 12.2 Å². The summed E-state index contributed by atoms with van der Waals surface area (Å²) in [6.45, 7) is 1.98. The molecule has 1 rings (SSSR count). The average Bonchev–Trinajstić information content (AvgIpc) is 2.26. The number of benzene rings is 1. The number of carbonyl (C=O) groups is 1. The van der Waals surface area contributed by atoms with Gasteiger partial charge in [0.15, 0.2) is 0 Å². The molecule has 1 aromatic rings. The van der Waals surface area contributed by atoms with Crippen LogP contribution in [-0.4, -0.2) is 12.6 Å². The molecular formula is C12H13F3O2. The smallest absolute Gasteiger partial charge is 0.306 e. The molecule has 0 saturated heterocycles. The van der Waals surface area contributed by atoms with E-state index < -0.39 is 17.8 Å². The summed E-state index contributed by atoms with van der Waals surface area (Å²) in [6.07, 6.45) is -2.44. The van der Waals surface area contributed by atoms with Crippen LogP contribution < -0.4 is 0 Å². The molecule has 1 aromatic carbocycles. The fraction of sp³-hybridized carbons (Fsp3) is 0.417. The van der Waals surface area contributed by atoms with E-state index in [1.807, 2.05) is 0 Å². The summed E-state index contributed by atoms with van der Waals surface area (Å²) >= 11 is 0.